The van der Waals surface area contributed by atoms with Gasteiger partial charge < -0.3 is 5.32 Å². The normalized spacial score (nSPS) is 17.9. The van der Waals surface area contributed by atoms with Gasteiger partial charge in [-0.25, -0.2) is 0 Å². The molecular formula is C19H29NO4S. The van der Waals surface area contributed by atoms with Crippen LogP contribution in [-0.4, -0.2) is 26.0 Å². The minimum Gasteiger partial charge on any atom is -0.349 e. The Morgan fingerprint density at radius 1 is 1.12 bits per heavy atom. The molecule has 6 heteroatoms. The second kappa shape index (κ2) is 7.87. The fraction of sp³-hybridized carbons (Fsp3) is 0.632. The predicted octanol–water partition coefficient (Wildman–Crippen LogP) is 3.56. The monoisotopic (exact) mass is 367 g/mol. The molecule has 0 radical (unpaired) electrons. The lowest BCUT2D eigenvalue weighted by Gasteiger charge is -2.31. The molecule has 5 nitrogen and oxygen atoms in total. The van der Waals surface area contributed by atoms with Gasteiger partial charge in [-0.05, 0) is 58.6 Å². The molecule has 1 amide bonds. The Hall–Kier alpha value is -1.40. The summed E-state index contributed by atoms with van der Waals surface area (Å²) in [5.74, 6) is -0.425. The maximum absolute atomic E-state index is 12.7. The van der Waals surface area contributed by atoms with E-state index in [2.05, 4.69) is 5.32 Å². The average Bonchev–Trinajstić information content (AvgIpc) is 2.52. The van der Waals surface area contributed by atoms with Crippen LogP contribution in [0.3, 0.4) is 0 Å². The van der Waals surface area contributed by atoms with Gasteiger partial charge in [-0.2, -0.15) is 8.42 Å². The van der Waals surface area contributed by atoms with Crippen molar-refractivity contribution < 1.29 is 17.4 Å². The molecule has 0 spiro atoms. The zero-order valence-electron chi connectivity index (χ0n) is 15.5. The summed E-state index contributed by atoms with van der Waals surface area (Å²) < 4.78 is 30.8. The van der Waals surface area contributed by atoms with Gasteiger partial charge in [-0.15, -0.1) is 0 Å². The number of aryl methyl sites for hydroxylation is 1. The number of carbonyl (C=O) groups is 1. The van der Waals surface area contributed by atoms with E-state index < -0.39 is 21.8 Å². The molecule has 0 heterocycles. The van der Waals surface area contributed by atoms with Crippen LogP contribution in [0.1, 0.15) is 58.4 Å². The van der Waals surface area contributed by atoms with Crippen LogP contribution in [0.4, 0.5) is 0 Å². The van der Waals surface area contributed by atoms with Crippen molar-refractivity contribution in [3.8, 4) is 0 Å². The van der Waals surface area contributed by atoms with Gasteiger partial charge in [-0.3, -0.25) is 8.98 Å². The summed E-state index contributed by atoms with van der Waals surface area (Å²) in [5, 5.41) is 2.87. The first-order valence-electron chi connectivity index (χ1n) is 8.90. The highest BCUT2D eigenvalue weighted by atomic mass is 32.2. The van der Waals surface area contributed by atoms with Crippen molar-refractivity contribution in [3.05, 3.63) is 29.8 Å². The van der Waals surface area contributed by atoms with Crippen molar-refractivity contribution in [2.45, 2.75) is 76.3 Å². The van der Waals surface area contributed by atoms with Crippen LogP contribution in [0.25, 0.3) is 0 Å². The topological polar surface area (TPSA) is 72.5 Å². The van der Waals surface area contributed by atoms with Gasteiger partial charge in [0.15, 0.2) is 6.10 Å². The molecule has 1 N–H and O–H groups in total. The van der Waals surface area contributed by atoms with Crippen LogP contribution in [0.15, 0.2) is 29.2 Å². The van der Waals surface area contributed by atoms with Gasteiger partial charge >= 0.3 is 0 Å². The van der Waals surface area contributed by atoms with Crippen molar-refractivity contribution in [2.75, 3.05) is 0 Å². The number of benzene rings is 1. The first-order valence-corrected chi connectivity index (χ1v) is 10.3. The van der Waals surface area contributed by atoms with Crippen molar-refractivity contribution in [1.82, 2.24) is 5.32 Å². The van der Waals surface area contributed by atoms with Crippen LogP contribution in [0.2, 0.25) is 0 Å². The summed E-state index contributed by atoms with van der Waals surface area (Å²) >= 11 is 0. The standard InChI is InChI=1S/C19H29NO4S/c1-14-10-12-16(13-11-14)25(22,23)24-17(15-8-6-5-7-9-15)18(21)20-19(2,3)4/h10-13,15,17H,5-9H2,1-4H3,(H,20,21). The number of carbonyl (C=O) groups excluding carboxylic acids is 1. The molecule has 2 rings (SSSR count). The first-order chi connectivity index (χ1) is 11.6. The van der Waals surface area contributed by atoms with E-state index in [9.17, 15) is 13.2 Å². The molecule has 0 aliphatic heterocycles. The molecule has 1 aromatic carbocycles. The lowest BCUT2D eigenvalue weighted by atomic mass is 9.85. The summed E-state index contributed by atoms with van der Waals surface area (Å²) in [4.78, 5) is 12.8. The number of hydrogen-bond acceptors (Lipinski definition) is 4. The summed E-state index contributed by atoms with van der Waals surface area (Å²) in [6, 6.07) is 6.48. The number of hydrogen-bond donors (Lipinski definition) is 1. The Kier molecular flexibility index (Phi) is 6.27. The van der Waals surface area contributed by atoms with E-state index in [-0.39, 0.29) is 16.7 Å². The minimum atomic E-state index is -3.99. The second-order valence-electron chi connectivity index (χ2n) is 7.92. The molecule has 140 valence electrons. The zero-order chi connectivity index (χ0) is 18.7. The third kappa shape index (κ3) is 5.82. The van der Waals surface area contributed by atoms with E-state index in [0.717, 1.165) is 37.7 Å². The van der Waals surface area contributed by atoms with Gasteiger partial charge in [-0.1, -0.05) is 37.0 Å². The molecule has 1 aromatic rings. The van der Waals surface area contributed by atoms with E-state index in [4.69, 9.17) is 4.18 Å². The van der Waals surface area contributed by atoms with Crippen molar-refractivity contribution in [2.24, 2.45) is 5.92 Å². The molecule has 1 atom stereocenters. The molecule has 1 fully saturated rings. The predicted molar refractivity (Wildman–Crippen MR) is 97.7 cm³/mol. The molecule has 0 aromatic heterocycles. The largest absolute Gasteiger partial charge is 0.349 e. The molecular weight excluding hydrogens is 338 g/mol. The number of rotatable bonds is 5. The van der Waals surface area contributed by atoms with E-state index in [0.29, 0.717) is 0 Å². The molecule has 1 aliphatic rings. The average molecular weight is 368 g/mol. The van der Waals surface area contributed by atoms with Crippen LogP contribution in [-0.2, 0) is 19.1 Å². The molecule has 25 heavy (non-hydrogen) atoms. The summed E-state index contributed by atoms with van der Waals surface area (Å²) in [6.07, 6.45) is 3.76. The van der Waals surface area contributed by atoms with Gasteiger partial charge in [0.25, 0.3) is 16.0 Å². The van der Waals surface area contributed by atoms with Crippen molar-refractivity contribution >= 4 is 16.0 Å². The Morgan fingerprint density at radius 3 is 2.20 bits per heavy atom. The van der Waals surface area contributed by atoms with Crippen LogP contribution < -0.4 is 5.32 Å². The van der Waals surface area contributed by atoms with E-state index >= 15 is 0 Å². The van der Waals surface area contributed by atoms with Gasteiger partial charge in [0.05, 0.1) is 4.90 Å². The maximum Gasteiger partial charge on any atom is 0.297 e. The fourth-order valence-corrected chi connectivity index (χ4v) is 4.21. The number of nitrogens with one attached hydrogen (secondary N) is 1. The second-order valence-corrected chi connectivity index (χ2v) is 9.49. The van der Waals surface area contributed by atoms with Crippen molar-refractivity contribution in [1.29, 1.82) is 0 Å². The summed E-state index contributed by atoms with van der Waals surface area (Å²) in [7, 11) is -3.99. The van der Waals surface area contributed by atoms with E-state index in [1.165, 1.54) is 12.1 Å². The number of amides is 1. The third-order valence-corrected chi connectivity index (χ3v) is 5.68. The quantitative estimate of drug-likeness (QED) is 0.808. The summed E-state index contributed by atoms with van der Waals surface area (Å²) in [5.41, 5.74) is 0.523. The molecule has 1 saturated carbocycles. The lowest BCUT2D eigenvalue weighted by Crippen LogP contribution is -2.50. The fourth-order valence-electron chi connectivity index (χ4n) is 3.11. The maximum atomic E-state index is 12.7. The molecule has 0 bridgehead atoms. The van der Waals surface area contributed by atoms with Gasteiger partial charge in [0.2, 0.25) is 0 Å². The lowest BCUT2D eigenvalue weighted by molar-refractivity contribution is -0.132. The van der Waals surface area contributed by atoms with Gasteiger partial charge in [0.1, 0.15) is 0 Å². The summed E-state index contributed by atoms with van der Waals surface area (Å²) in [6.45, 7) is 7.50. The Bertz CT molecular complexity index is 683. The van der Waals surface area contributed by atoms with E-state index in [1.54, 1.807) is 12.1 Å². The molecule has 1 unspecified atom stereocenters. The molecule has 0 saturated heterocycles. The highest BCUT2D eigenvalue weighted by molar-refractivity contribution is 7.86. The Morgan fingerprint density at radius 2 is 1.68 bits per heavy atom. The first kappa shape index (κ1) is 19.9. The third-order valence-electron chi connectivity index (χ3n) is 4.37. The van der Waals surface area contributed by atoms with Gasteiger partial charge in [0, 0.05) is 5.54 Å². The van der Waals surface area contributed by atoms with Crippen LogP contribution in [0.5, 0.6) is 0 Å². The van der Waals surface area contributed by atoms with E-state index in [1.807, 2.05) is 27.7 Å². The minimum absolute atomic E-state index is 0.0728. The van der Waals surface area contributed by atoms with Crippen LogP contribution >= 0.6 is 0 Å². The Labute approximate surface area is 151 Å². The van der Waals surface area contributed by atoms with Crippen LogP contribution in [0, 0.1) is 12.8 Å². The Balaban J connectivity index is 2.25. The SMILES string of the molecule is Cc1ccc(S(=O)(=O)OC(C(=O)NC(C)(C)C)C2CCCCC2)cc1. The molecule has 1 aliphatic carbocycles. The highest BCUT2D eigenvalue weighted by Crippen LogP contribution is 2.30. The highest BCUT2D eigenvalue weighted by Gasteiger charge is 2.36. The van der Waals surface area contributed by atoms with Crippen molar-refractivity contribution in [3.63, 3.8) is 0 Å². The smallest absolute Gasteiger partial charge is 0.297 e. The zero-order valence-corrected chi connectivity index (χ0v) is 16.4.